The Kier molecular flexibility index (Phi) is 3.26. The monoisotopic (exact) mass is 323 g/mol. The number of para-hydroxylation sites is 1. The van der Waals surface area contributed by atoms with E-state index in [1.807, 2.05) is 35.2 Å². The largest absolute Gasteiger partial charge is 0.361 e. The number of aryl methyl sites for hydroxylation is 1. The smallest absolute Gasteiger partial charge is 0.272 e. The normalized spacial score (nSPS) is 19.6. The first kappa shape index (κ1) is 14.7. The third-order valence-corrected chi connectivity index (χ3v) is 4.65. The number of benzene rings is 2. The van der Waals surface area contributed by atoms with Crippen LogP contribution in [0.2, 0.25) is 0 Å². The first-order valence-electron chi connectivity index (χ1n) is 7.99. The van der Waals surface area contributed by atoms with Crippen molar-refractivity contribution in [3.8, 4) is 0 Å². The molecular weight excluding hydrogens is 306 g/mol. The van der Waals surface area contributed by atoms with E-state index in [1.165, 1.54) is 0 Å². The number of rotatable bonds is 3. The topological polar surface area (TPSA) is 75.5 Å². The number of hydrogen-bond acceptors (Lipinski definition) is 4. The molecule has 1 saturated carbocycles. The summed E-state index contributed by atoms with van der Waals surface area (Å²) < 4.78 is 0. The number of nitrogens with one attached hydrogen (secondary N) is 1. The second-order valence-corrected chi connectivity index (χ2v) is 6.34. The van der Waals surface area contributed by atoms with Crippen molar-refractivity contribution in [1.29, 1.82) is 0 Å². The lowest BCUT2D eigenvalue weighted by atomic mass is 10.0. The molecule has 1 fully saturated rings. The maximum Gasteiger partial charge on any atom is 0.272 e. The Morgan fingerprint density at radius 3 is 2.67 bits per heavy atom. The molecule has 0 spiro atoms. The lowest BCUT2D eigenvalue weighted by molar-refractivity contribution is -0.385. The molecule has 1 aliphatic heterocycles. The Morgan fingerprint density at radius 2 is 1.96 bits per heavy atom. The molecular formula is C18H17N3O3. The highest BCUT2D eigenvalue weighted by Gasteiger charge is 2.42. The standard InChI is InChI=1S/C18H17N3O3/c1-11-6-7-12(10-16(11)21(23)24)17-19-15-5-3-2-4-14(15)18(22)20(17)13-8-9-13/h2-7,10,13,17,19H,8-9H2,1H3. The van der Waals surface area contributed by atoms with E-state index in [1.54, 1.807) is 19.1 Å². The van der Waals surface area contributed by atoms with Crippen LogP contribution in [0.15, 0.2) is 42.5 Å². The van der Waals surface area contributed by atoms with Gasteiger partial charge >= 0.3 is 0 Å². The number of amides is 1. The zero-order valence-corrected chi connectivity index (χ0v) is 13.2. The Bertz CT molecular complexity index is 845. The molecule has 6 nitrogen and oxygen atoms in total. The number of carbonyl (C=O) groups excluding carboxylic acids is 1. The molecule has 1 unspecified atom stereocenters. The van der Waals surface area contributed by atoms with Gasteiger partial charge in [0.25, 0.3) is 11.6 Å². The summed E-state index contributed by atoms with van der Waals surface area (Å²) in [6.45, 7) is 1.72. The highest BCUT2D eigenvalue weighted by molar-refractivity contribution is 6.02. The number of hydrogen-bond donors (Lipinski definition) is 1. The molecule has 24 heavy (non-hydrogen) atoms. The van der Waals surface area contributed by atoms with Crippen molar-refractivity contribution in [3.05, 3.63) is 69.3 Å². The van der Waals surface area contributed by atoms with Gasteiger partial charge in [-0.2, -0.15) is 0 Å². The first-order chi connectivity index (χ1) is 11.6. The van der Waals surface area contributed by atoms with Crippen LogP contribution in [0.25, 0.3) is 0 Å². The van der Waals surface area contributed by atoms with Gasteiger partial charge in [0.05, 0.1) is 10.5 Å². The Labute approximate surface area is 139 Å². The van der Waals surface area contributed by atoms with Crippen molar-refractivity contribution in [2.24, 2.45) is 0 Å². The molecule has 2 aromatic carbocycles. The average Bonchev–Trinajstić information content (AvgIpc) is 3.39. The predicted molar refractivity (Wildman–Crippen MR) is 89.8 cm³/mol. The number of carbonyl (C=O) groups is 1. The van der Waals surface area contributed by atoms with Crippen molar-refractivity contribution in [2.75, 3.05) is 5.32 Å². The van der Waals surface area contributed by atoms with Gasteiger partial charge in [0, 0.05) is 28.9 Å². The van der Waals surface area contributed by atoms with Crippen LogP contribution in [0.3, 0.4) is 0 Å². The van der Waals surface area contributed by atoms with E-state index in [-0.39, 0.29) is 28.7 Å². The number of nitro groups is 1. The van der Waals surface area contributed by atoms with Crippen LogP contribution in [0.5, 0.6) is 0 Å². The lowest BCUT2D eigenvalue weighted by Gasteiger charge is -2.38. The van der Waals surface area contributed by atoms with Crippen LogP contribution in [0.1, 0.15) is 40.5 Å². The number of nitrogens with zero attached hydrogens (tertiary/aromatic N) is 2. The maximum atomic E-state index is 12.9. The first-order valence-corrected chi connectivity index (χ1v) is 7.99. The van der Waals surface area contributed by atoms with Gasteiger partial charge in [0.1, 0.15) is 6.17 Å². The molecule has 4 rings (SSSR count). The molecule has 1 heterocycles. The third-order valence-electron chi connectivity index (χ3n) is 4.65. The van der Waals surface area contributed by atoms with Gasteiger partial charge in [-0.05, 0) is 31.9 Å². The molecule has 0 aromatic heterocycles. The minimum Gasteiger partial charge on any atom is -0.361 e. The third kappa shape index (κ3) is 2.31. The summed E-state index contributed by atoms with van der Waals surface area (Å²) in [7, 11) is 0. The van der Waals surface area contributed by atoms with Gasteiger partial charge in [-0.1, -0.05) is 24.3 Å². The molecule has 1 aliphatic carbocycles. The molecule has 0 bridgehead atoms. The van der Waals surface area contributed by atoms with Crippen LogP contribution in [0.4, 0.5) is 11.4 Å². The van der Waals surface area contributed by atoms with E-state index in [0.29, 0.717) is 11.1 Å². The summed E-state index contributed by atoms with van der Waals surface area (Å²) >= 11 is 0. The Balaban J connectivity index is 1.80. The zero-order valence-electron chi connectivity index (χ0n) is 13.2. The van der Waals surface area contributed by atoms with Gasteiger partial charge in [-0.15, -0.1) is 0 Å². The van der Waals surface area contributed by atoms with Crippen LogP contribution in [-0.2, 0) is 0 Å². The highest BCUT2D eigenvalue weighted by Crippen LogP contribution is 2.41. The van der Waals surface area contributed by atoms with Crippen molar-refractivity contribution in [3.63, 3.8) is 0 Å². The minimum absolute atomic E-state index is 0.0138. The molecule has 1 N–H and O–H groups in total. The molecule has 0 saturated heterocycles. The van der Waals surface area contributed by atoms with Gasteiger partial charge < -0.3 is 10.2 Å². The van der Waals surface area contributed by atoms with E-state index in [0.717, 1.165) is 24.1 Å². The number of anilines is 1. The average molecular weight is 323 g/mol. The molecule has 1 atom stereocenters. The maximum absolute atomic E-state index is 12.9. The summed E-state index contributed by atoms with van der Waals surface area (Å²) in [6.07, 6.45) is 1.57. The zero-order chi connectivity index (χ0) is 16.8. The van der Waals surface area contributed by atoms with E-state index >= 15 is 0 Å². The fraction of sp³-hybridized carbons (Fsp3) is 0.278. The summed E-state index contributed by atoms with van der Waals surface area (Å²) in [5.74, 6) is -0.0138. The second-order valence-electron chi connectivity index (χ2n) is 6.34. The van der Waals surface area contributed by atoms with Crippen LogP contribution in [-0.4, -0.2) is 21.8 Å². The molecule has 0 radical (unpaired) electrons. The molecule has 2 aliphatic rings. The number of fused-ring (bicyclic) bond motifs is 1. The Hall–Kier alpha value is -2.89. The van der Waals surface area contributed by atoms with Crippen LogP contribution in [0, 0.1) is 17.0 Å². The highest BCUT2D eigenvalue weighted by atomic mass is 16.6. The van der Waals surface area contributed by atoms with Crippen molar-refractivity contribution in [2.45, 2.75) is 32.0 Å². The molecule has 122 valence electrons. The predicted octanol–water partition coefficient (Wildman–Crippen LogP) is 3.63. The SMILES string of the molecule is Cc1ccc(C2Nc3ccccc3C(=O)N2C2CC2)cc1[N+](=O)[O-]. The van der Waals surface area contributed by atoms with E-state index in [4.69, 9.17) is 0 Å². The molecule has 2 aromatic rings. The van der Waals surface area contributed by atoms with Gasteiger partial charge in [0.15, 0.2) is 0 Å². The summed E-state index contributed by atoms with van der Waals surface area (Å²) in [5, 5.41) is 14.6. The van der Waals surface area contributed by atoms with Crippen LogP contribution < -0.4 is 5.32 Å². The fourth-order valence-electron chi connectivity index (χ4n) is 3.24. The minimum atomic E-state index is -0.376. The quantitative estimate of drug-likeness (QED) is 0.691. The van der Waals surface area contributed by atoms with E-state index < -0.39 is 0 Å². The summed E-state index contributed by atoms with van der Waals surface area (Å²) in [4.78, 5) is 25.6. The summed E-state index contributed by atoms with van der Waals surface area (Å²) in [5.41, 5.74) is 2.86. The summed E-state index contributed by atoms with van der Waals surface area (Å²) in [6, 6.07) is 12.8. The number of nitro benzene ring substituents is 1. The molecule has 6 heteroatoms. The lowest BCUT2D eigenvalue weighted by Crippen LogP contribution is -2.44. The van der Waals surface area contributed by atoms with Gasteiger partial charge in [0.2, 0.25) is 0 Å². The van der Waals surface area contributed by atoms with Crippen molar-refractivity contribution in [1.82, 2.24) is 4.90 Å². The van der Waals surface area contributed by atoms with Crippen molar-refractivity contribution >= 4 is 17.3 Å². The van der Waals surface area contributed by atoms with E-state index in [2.05, 4.69) is 5.32 Å². The van der Waals surface area contributed by atoms with E-state index in [9.17, 15) is 14.9 Å². The molecule has 1 amide bonds. The van der Waals surface area contributed by atoms with Gasteiger partial charge in [-0.3, -0.25) is 14.9 Å². The Morgan fingerprint density at radius 1 is 1.21 bits per heavy atom. The second kappa shape index (κ2) is 5.33. The van der Waals surface area contributed by atoms with Gasteiger partial charge in [-0.25, -0.2) is 0 Å². The van der Waals surface area contributed by atoms with Crippen molar-refractivity contribution < 1.29 is 9.72 Å². The fourth-order valence-corrected chi connectivity index (χ4v) is 3.24. The van der Waals surface area contributed by atoms with Crippen LogP contribution >= 0.6 is 0 Å².